The van der Waals surface area contributed by atoms with Gasteiger partial charge >= 0.3 is 0 Å². The third-order valence-corrected chi connectivity index (χ3v) is 4.16. The minimum absolute atomic E-state index is 0.255. The van der Waals surface area contributed by atoms with Gasteiger partial charge < -0.3 is 24.5 Å². The van der Waals surface area contributed by atoms with Gasteiger partial charge in [0.15, 0.2) is 6.10 Å². The Balaban J connectivity index is 1.54. The SMILES string of the molecule is COc1ccccc1C(=O)Nc1ccc(O[C@H](C)C(=O)NCc2ccco2)cc1. The molecule has 0 aliphatic rings. The van der Waals surface area contributed by atoms with Crippen LogP contribution in [0.25, 0.3) is 0 Å². The van der Waals surface area contributed by atoms with Gasteiger partial charge in [-0.15, -0.1) is 0 Å². The predicted octanol–water partition coefficient (Wildman–Crippen LogP) is 3.62. The van der Waals surface area contributed by atoms with Crippen LogP contribution in [-0.2, 0) is 11.3 Å². The van der Waals surface area contributed by atoms with Gasteiger partial charge in [-0.05, 0) is 55.5 Å². The van der Waals surface area contributed by atoms with Gasteiger partial charge in [0.05, 0.1) is 25.5 Å². The number of benzene rings is 2. The summed E-state index contributed by atoms with van der Waals surface area (Å²) in [5, 5.41) is 5.55. The second-order valence-corrected chi connectivity index (χ2v) is 6.24. The molecule has 0 unspecified atom stereocenters. The first kappa shape index (κ1) is 20.0. The van der Waals surface area contributed by atoms with Crippen molar-refractivity contribution in [2.24, 2.45) is 0 Å². The van der Waals surface area contributed by atoms with Gasteiger partial charge in [-0.3, -0.25) is 9.59 Å². The van der Waals surface area contributed by atoms with Crippen molar-refractivity contribution in [3.8, 4) is 11.5 Å². The van der Waals surface area contributed by atoms with Crippen LogP contribution in [0.4, 0.5) is 5.69 Å². The normalized spacial score (nSPS) is 11.4. The summed E-state index contributed by atoms with van der Waals surface area (Å²) in [7, 11) is 1.52. The number of rotatable bonds is 8. The van der Waals surface area contributed by atoms with E-state index in [1.807, 2.05) is 0 Å². The lowest BCUT2D eigenvalue weighted by Gasteiger charge is -2.15. The van der Waals surface area contributed by atoms with E-state index < -0.39 is 6.10 Å². The number of anilines is 1. The van der Waals surface area contributed by atoms with Crippen LogP contribution in [-0.4, -0.2) is 25.0 Å². The molecule has 7 nitrogen and oxygen atoms in total. The highest BCUT2D eigenvalue weighted by atomic mass is 16.5. The first-order chi connectivity index (χ1) is 14.1. The van der Waals surface area contributed by atoms with Gasteiger partial charge in [0.1, 0.15) is 17.3 Å². The summed E-state index contributed by atoms with van der Waals surface area (Å²) in [6.45, 7) is 1.96. The number of carbonyl (C=O) groups is 2. The lowest BCUT2D eigenvalue weighted by molar-refractivity contribution is -0.127. The van der Waals surface area contributed by atoms with E-state index in [4.69, 9.17) is 13.9 Å². The Kier molecular flexibility index (Phi) is 6.52. The second-order valence-electron chi connectivity index (χ2n) is 6.24. The van der Waals surface area contributed by atoms with Crippen molar-refractivity contribution in [2.75, 3.05) is 12.4 Å². The summed E-state index contributed by atoms with van der Waals surface area (Å²) < 4.78 is 16.0. The number of furan rings is 1. The Morgan fingerprint density at radius 1 is 1.03 bits per heavy atom. The van der Waals surface area contributed by atoms with Crippen LogP contribution in [0.3, 0.4) is 0 Å². The Morgan fingerprint density at radius 2 is 1.79 bits per heavy atom. The molecule has 1 heterocycles. The Hall–Kier alpha value is -3.74. The summed E-state index contributed by atoms with van der Waals surface area (Å²) in [5.74, 6) is 1.15. The van der Waals surface area contributed by atoms with Crippen LogP contribution in [0.5, 0.6) is 11.5 Å². The summed E-state index contributed by atoms with van der Waals surface area (Å²) in [5.41, 5.74) is 1.04. The monoisotopic (exact) mass is 394 g/mol. The van der Waals surface area contributed by atoms with Crippen LogP contribution >= 0.6 is 0 Å². The number of hydrogen-bond donors (Lipinski definition) is 2. The minimum atomic E-state index is -0.681. The molecule has 0 radical (unpaired) electrons. The quantitative estimate of drug-likeness (QED) is 0.609. The van der Waals surface area contributed by atoms with Crippen molar-refractivity contribution in [3.05, 3.63) is 78.3 Å². The Labute approximate surface area is 168 Å². The number of hydrogen-bond acceptors (Lipinski definition) is 5. The molecule has 0 spiro atoms. The maximum Gasteiger partial charge on any atom is 0.261 e. The summed E-state index contributed by atoms with van der Waals surface area (Å²) in [6.07, 6.45) is 0.870. The molecule has 0 aliphatic heterocycles. The van der Waals surface area contributed by atoms with Crippen molar-refractivity contribution < 1.29 is 23.5 Å². The van der Waals surface area contributed by atoms with Crippen molar-refractivity contribution in [2.45, 2.75) is 19.6 Å². The minimum Gasteiger partial charge on any atom is -0.496 e. The molecule has 3 rings (SSSR count). The Bertz CT molecular complexity index is 952. The number of carbonyl (C=O) groups excluding carboxylic acids is 2. The highest BCUT2D eigenvalue weighted by molar-refractivity contribution is 6.06. The average molecular weight is 394 g/mol. The van der Waals surface area contributed by atoms with Gasteiger partial charge in [-0.25, -0.2) is 0 Å². The standard InChI is InChI=1S/C22H22N2O5/c1-15(21(25)23-14-18-6-5-13-28-18)29-17-11-9-16(10-12-17)24-22(26)19-7-3-4-8-20(19)27-2/h3-13,15H,14H2,1-2H3,(H,23,25)(H,24,26)/t15-/m1/s1. The number of ether oxygens (including phenoxy) is 2. The number of para-hydroxylation sites is 1. The molecule has 0 fully saturated rings. The molecule has 0 saturated carbocycles. The van der Waals surface area contributed by atoms with Crippen LogP contribution in [0.1, 0.15) is 23.0 Å². The van der Waals surface area contributed by atoms with Gasteiger partial charge in [-0.1, -0.05) is 12.1 Å². The van der Waals surface area contributed by atoms with Crippen molar-refractivity contribution >= 4 is 17.5 Å². The van der Waals surface area contributed by atoms with Gasteiger partial charge in [-0.2, -0.15) is 0 Å². The molecule has 0 saturated heterocycles. The second kappa shape index (κ2) is 9.45. The molecular formula is C22H22N2O5. The molecule has 0 bridgehead atoms. The molecule has 2 amide bonds. The van der Waals surface area contributed by atoms with E-state index in [1.54, 1.807) is 73.9 Å². The zero-order valence-electron chi connectivity index (χ0n) is 16.2. The smallest absolute Gasteiger partial charge is 0.261 e. The third-order valence-electron chi connectivity index (χ3n) is 4.16. The molecule has 2 aromatic carbocycles. The van der Waals surface area contributed by atoms with Gasteiger partial charge in [0, 0.05) is 5.69 Å². The highest BCUT2D eigenvalue weighted by Gasteiger charge is 2.15. The summed E-state index contributed by atoms with van der Waals surface area (Å²) in [6, 6.07) is 17.3. The lowest BCUT2D eigenvalue weighted by atomic mass is 10.2. The molecule has 1 aromatic heterocycles. The first-order valence-corrected chi connectivity index (χ1v) is 9.08. The third kappa shape index (κ3) is 5.38. The molecule has 150 valence electrons. The van der Waals surface area contributed by atoms with Gasteiger partial charge in [0.25, 0.3) is 11.8 Å². The van der Waals surface area contributed by atoms with Crippen molar-refractivity contribution in [1.29, 1.82) is 0 Å². The highest BCUT2D eigenvalue weighted by Crippen LogP contribution is 2.21. The lowest BCUT2D eigenvalue weighted by Crippen LogP contribution is -2.35. The van der Waals surface area contributed by atoms with Crippen molar-refractivity contribution in [3.63, 3.8) is 0 Å². The fourth-order valence-electron chi connectivity index (χ4n) is 2.64. The maximum atomic E-state index is 12.4. The van der Waals surface area contributed by atoms with Crippen molar-refractivity contribution in [1.82, 2.24) is 5.32 Å². The zero-order chi connectivity index (χ0) is 20.6. The largest absolute Gasteiger partial charge is 0.496 e. The van der Waals surface area contributed by atoms with E-state index in [0.717, 1.165) is 0 Å². The molecule has 1 atom stereocenters. The van der Waals surface area contributed by atoms with E-state index in [0.29, 0.717) is 35.1 Å². The average Bonchev–Trinajstić information content (AvgIpc) is 3.27. The number of amides is 2. The van der Waals surface area contributed by atoms with Gasteiger partial charge in [0.2, 0.25) is 0 Å². The van der Waals surface area contributed by atoms with E-state index in [9.17, 15) is 9.59 Å². The van der Waals surface area contributed by atoms with E-state index in [1.165, 1.54) is 7.11 Å². The molecule has 7 heteroatoms. The summed E-state index contributed by atoms with van der Waals surface area (Å²) >= 11 is 0. The molecule has 3 aromatic rings. The number of nitrogens with one attached hydrogen (secondary N) is 2. The fourth-order valence-corrected chi connectivity index (χ4v) is 2.64. The molecular weight excluding hydrogens is 372 g/mol. The van der Waals surface area contributed by atoms with E-state index in [2.05, 4.69) is 10.6 Å². The zero-order valence-corrected chi connectivity index (χ0v) is 16.2. The Morgan fingerprint density at radius 3 is 2.48 bits per heavy atom. The fraction of sp³-hybridized carbons (Fsp3) is 0.182. The molecule has 2 N–H and O–H groups in total. The first-order valence-electron chi connectivity index (χ1n) is 9.08. The number of methoxy groups -OCH3 is 1. The van der Waals surface area contributed by atoms with E-state index in [-0.39, 0.29) is 11.8 Å². The van der Waals surface area contributed by atoms with Crippen LogP contribution in [0, 0.1) is 0 Å². The van der Waals surface area contributed by atoms with Crippen LogP contribution in [0.15, 0.2) is 71.3 Å². The van der Waals surface area contributed by atoms with Crippen LogP contribution in [0.2, 0.25) is 0 Å². The maximum absolute atomic E-state index is 12.4. The summed E-state index contributed by atoms with van der Waals surface area (Å²) in [4.78, 5) is 24.6. The van der Waals surface area contributed by atoms with Crippen LogP contribution < -0.4 is 20.1 Å². The molecule has 29 heavy (non-hydrogen) atoms. The van der Waals surface area contributed by atoms with E-state index >= 15 is 0 Å². The topological polar surface area (TPSA) is 89.8 Å². The predicted molar refractivity (Wildman–Crippen MR) is 108 cm³/mol. The molecule has 0 aliphatic carbocycles.